The number of furan rings is 1. The average molecular weight is 352 g/mol. The van der Waals surface area contributed by atoms with Gasteiger partial charge in [-0.05, 0) is 25.1 Å². The van der Waals surface area contributed by atoms with Crippen LogP contribution in [-0.4, -0.2) is 46.2 Å². The number of aryl methyl sites for hydroxylation is 1. The highest BCUT2D eigenvalue weighted by atomic mass is 16.5. The Morgan fingerprint density at radius 3 is 2.81 bits per heavy atom. The highest BCUT2D eigenvalue weighted by Crippen LogP contribution is 2.22. The quantitative estimate of drug-likeness (QED) is 0.748. The van der Waals surface area contributed by atoms with Crippen molar-refractivity contribution in [1.82, 2.24) is 19.9 Å². The van der Waals surface area contributed by atoms with E-state index in [-0.39, 0.29) is 0 Å². The fourth-order valence-corrected chi connectivity index (χ4v) is 2.80. The first-order valence-corrected chi connectivity index (χ1v) is 8.55. The van der Waals surface area contributed by atoms with Gasteiger partial charge in [-0.3, -0.25) is 0 Å². The summed E-state index contributed by atoms with van der Waals surface area (Å²) in [5, 5.41) is 3.16. The van der Waals surface area contributed by atoms with E-state index in [1.54, 1.807) is 12.5 Å². The zero-order valence-electron chi connectivity index (χ0n) is 14.6. The number of rotatable bonds is 5. The minimum Gasteiger partial charge on any atom is -0.467 e. The molecule has 1 N–H and O–H groups in total. The SMILES string of the molecule is Cc1nc(N2CCOCC2)ncc1-c1ccnc(NCc2ccco2)n1. The third-order valence-corrected chi connectivity index (χ3v) is 4.19. The van der Waals surface area contributed by atoms with Gasteiger partial charge in [-0.25, -0.2) is 19.9 Å². The maximum atomic E-state index is 5.38. The lowest BCUT2D eigenvalue weighted by Crippen LogP contribution is -2.37. The summed E-state index contributed by atoms with van der Waals surface area (Å²) >= 11 is 0. The van der Waals surface area contributed by atoms with Crippen LogP contribution in [0.15, 0.2) is 41.3 Å². The Morgan fingerprint density at radius 1 is 1.15 bits per heavy atom. The first-order valence-electron chi connectivity index (χ1n) is 8.55. The van der Waals surface area contributed by atoms with Crippen molar-refractivity contribution in [2.45, 2.75) is 13.5 Å². The standard InChI is InChI=1S/C18H20N6O2/c1-13-15(12-21-18(22-13)24-6-9-25-10-7-24)16-4-5-19-17(23-16)20-11-14-3-2-8-26-14/h2-5,8,12H,6-7,9-11H2,1H3,(H,19,20,23). The van der Waals surface area contributed by atoms with Gasteiger partial charge in [0.05, 0.1) is 37.4 Å². The summed E-state index contributed by atoms with van der Waals surface area (Å²) in [6.45, 7) is 5.54. The molecule has 0 radical (unpaired) electrons. The zero-order valence-corrected chi connectivity index (χ0v) is 14.6. The maximum Gasteiger partial charge on any atom is 0.225 e. The van der Waals surface area contributed by atoms with E-state index in [2.05, 4.69) is 30.2 Å². The van der Waals surface area contributed by atoms with Gasteiger partial charge in [-0.1, -0.05) is 0 Å². The summed E-state index contributed by atoms with van der Waals surface area (Å²) < 4.78 is 10.7. The lowest BCUT2D eigenvalue weighted by molar-refractivity contribution is 0.122. The molecule has 8 nitrogen and oxygen atoms in total. The van der Waals surface area contributed by atoms with E-state index in [1.165, 1.54) is 0 Å². The molecule has 0 amide bonds. The third kappa shape index (κ3) is 3.65. The topological polar surface area (TPSA) is 89.2 Å². The number of hydrogen-bond acceptors (Lipinski definition) is 8. The average Bonchev–Trinajstić information content (AvgIpc) is 3.21. The van der Waals surface area contributed by atoms with Gasteiger partial charge in [-0.15, -0.1) is 0 Å². The second kappa shape index (κ2) is 7.49. The van der Waals surface area contributed by atoms with E-state index in [1.807, 2.05) is 31.3 Å². The van der Waals surface area contributed by atoms with E-state index >= 15 is 0 Å². The molecule has 0 atom stereocenters. The van der Waals surface area contributed by atoms with Crippen LogP contribution in [0.2, 0.25) is 0 Å². The molecule has 0 spiro atoms. The predicted octanol–water partition coefficient (Wildman–Crippen LogP) is 2.28. The fourth-order valence-electron chi connectivity index (χ4n) is 2.80. The van der Waals surface area contributed by atoms with Gasteiger partial charge < -0.3 is 19.4 Å². The molecule has 0 bridgehead atoms. The van der Waals surface area contributed by atoms with Gasteiger partial charge in [0.1, 0.15) is 5.76 Å². The van der Waals surface area contributed by atoms with Crippen LogP contribution in [0.5, 0.6) is 0 Å². The predicted molar refractivity (Wildman–Crippen MR) is 96.9 cm³/mol. The third-order valence-electron chi connectivity index (χ3n) is 4.19. The second-order valence-corrected chi connectivity index (χ2v) is 5.97. The van der Waals surface area contributed by atoms with Gasteiger partial charge in [-0.2, -0.15) is 0 Å². The molecule has 3 aromatic heterocycles. The van der Waals surface area contributed by atoms with Crippen molar-refractivity contribution in [1.29, 1.82) is 0 Å². The number of aromatic nitrogens is 4. The molecule has 4 heterocycles. The molecule has 3 aromatic rings. The smallest absolute Gasteiger partial charge is 0.225 e. The summed E-state index contributed by atoms with van der Waals surface area (Å²) in [5.41, 5.74) is 2.57. The highest BCUT2D eigenvalue weighted by molar-refractivity contribution is 5.62. The Balaban J connectivity index is 1.52. The van der Waals surface area contributed by atoms with Gasteiger partial charge in [0, 0.05) is 31.0 Å². The highest BCUT2D eigenvalue weighted by Gasteiger charge is 2.16. The maximum absolute atomic E-state index is 5.38. The van der Waals surface area contributed by atoms with Crippen LogP contribution in [0, 0.1) is 6.92 Å². The molecule has 134 valence electrons. The molecule has 4 rings (SSSR count). The van der Waals surface area contributed by atoms with Crippen molar-refractivity contribution < 1.29 is 9.15 Å². The molecule has 1 aliphatic heterocycles. The van der Waals surface area contributed by atoms with E-state index in [4.69, 9.17) is 9.15 Å². The summed E-state index contributed by atoms with van der Waals surface area (Å²) in [6.07, 6.45) is 5.19. The van der Waals surface area contributed by atoms with E-state index in [0.717, 1.165) is 41.7 Å². The van der Waals surface area contributed by atoms with Crippen molar-refractivity contribution in [2.75, 3.05) is 36.5 Å². The summed E-state index contributed by atoms with van der Waals surface area (Å²) in [7, 11) is 0. The number of nitrogens with one attached hydrogen (secondary N) is 1. The Labute approximate surface area is 151 Å². The Bertz CT molecular complexity index is 862. The van der Waals surface area contributed by atoms with Crippen LogP contribution in [0.4, 0.5) is 11.9 Å². The number of ether oxygens (including phenoxy) is 1. The van der Waals surface area contributed by atoms with Crippen molar-refractivity contribution in [3.63, 3.8) is 0 Å². The molecule has 8 heteroatoms. The molecule has 0 unspecified atom stereocenters. The van der Waals surface area contributed by atoms with Crippen LogP contribution < -0.4 is 10.2 Å². The minimum atomic E-state index is 0.530. The Kier molecular flexibility index (Phi) is 4.74. The summed E-state index contributed by atoms with van der Waals surface area (Å²) in [5.74, 6) is 2.10. The van der Waals surface area contributed by atoms with E-state index < -0.39 is 0 Å². The molecule has 0 saturated carbocycles. The van der Waals surface area contributed by atoms with Gasteiger partial charge in [0.25, 0.3) is 0 Å². The van der Waals surface area contributed by atoms with Crippen LogP contribution in [0.1, 0.15) is 11.5 Å². The minimum absolute atomic E-state index is 0.530. The van der Waals surface area contributed by atoms with Crippen molar-refractivity contribution >= 4 is 11.9 Å². The largest absolute Gasteiger partial charge is 0.467 e. The monoisotopic (exact) mass is 352 g/mol. The Hall–Kier alpha value is -3.00. The van der Waals surface area contributed by atoms with Crippen molar-refractivity contribution in [2.24, 2.45) is 0 Å². The molecule has 1 aliphatic rings. The van der Waals surface area contributed by atoms with Crippen LogP contribution in [0.3, 0.4) is 0 Å². The zero-order chi connectivity index (χ0) is 17.8. The number of morpholine rings is 1. The number of anilines is 2. The van der Waals surface area contributed by atoms with Crippen LogP contribution in [0.25, 0.3) is 11.3 Å². The number of nitrogens with zero attached hydrogens (tertiary/aromatic N) is 5. The van der Waals surface area contributed by atoms with Gasteiger partial charge in [0.15, 0.2) is 0 Å². The van der Waals surface area contributed by atoms with Crippen LogP contribution in [-0.2, 0) is 11.3 Å². The second-order valence-electron chi connectivity index (χ2n) is 5.97. The Morgan fingerprint density at radius 2 is 2.04 bits per heavy atom. The molecule has 0 aromatic carbocycles. The fraction of sp³-hybridized carbons (Fsp3) is 0.333. The first-order chi connectivity index (χ1) is 12.8. The van der Waals surface area contributed by atoms with E-state index in [9.17, 15) is 0 Å². The lowest BCUT2D eigenvalue weighted by atomic mass is 10.2. The number of hydrogen-bond donors (Lipinski definition) is 1. The normalized spacial score (nSPS) is 14.4. The summed E-state index contributed by atoms with van der Waals surface area (Å²) in [4.78, 5) is 20.1. The molecule has 0 aliphatic carbocycles. The van der Waals surface area contributed by atoms with Crippen molar-refractivity contribution in [3.8, 4) is 11.3 Å². The first kappa shape index (κ1) is 16.5. The molecular formula is C18H20N6O2. The molecule has 1 saturated heterocycles. The lowest BCUT2D eigenvalue weighted by Gasteiger charge is -2.27. The van der Waals surface area contributed by atoms with Gasteiger partial charge in [0.2, 0.25) is 11.9 Å². The van der Waals surface area contributed by atoms with Crippen LogP contribution >= 0.6 is 0 Å². The van der Waals surface area contributed by atoms with Crippen molar-refractivity contribution in [3.05, 3.63) is 48.3 Å². The molecular weight excluding hydrogens is 332 g/mol. The van der Waals surface area contributed by atoms with Gasteiger partial charge >= 0.3 is 0 Å². The molecule has 1 fully saturated rings. The summed E-state index contributed by atoms with van der Waals surface area (Å²) in [6, 6.07) is 5.61. The molecule has 26 heavy (non-hydrogen) atoms. The van der Waals surface area contributed by atoms with E-state index in [0.29, 0.717) is 25.7 Å².